The van der Waals surface area contributed by atoms with Crippen molar-refractivity contribution in [3.63, 3.8) is 0 Å². The van der Waals surface area contributed by atoms with Gasteiger partial charge >= 0.3 is 0 Å². The highest BCUT2D eigenvalue weighted by molar-refractivity contribution is 9.10. The lowest BCUT2D eigenvalue weighted by Crippen LogP contribution is -2.15. The average Bonchev–Trinajstić information content (AvgIpc) is 2.73. The van der Waals surface area contributed by atoms with Crippen LogP contribution >= 0.6 is 15.9 Å². The van der Waals surface area contributed by atoms with E-state index in [2.05, 4.69) is 63.5 Å². The Kier molecular flexibility index (Phi) is 2.67. The van der Waals surface area contributed by atoms with Gasteiger partial charge in [0.15, 0.2) is 0 Å². The van der Waals surface area contributed by atoms with E-state index in [0.29, 0.717) is 5.92 Å². The van der Waals surface area contributed by atoms with Crippen molar-refractivity contribution >= 4 is 21.5 Å². The van der Waals surface area contributed by atoms with Crippen molar-refractivity contribution in [1.29, 1.82) is 0 Å². The van der Waals surface area contributed by atoms with Crippen molar-refractivity contribution in [2.24, 2.45) is 0 Å². The van der Waals surface area contributed by atoms with Crippen LogP contribution in [0.15, 0.2) is 35.3 Å². The summed E-state index contributed by atoms with van der Waals surface area (Å²) in [6, 6.07) is 8.62. The Bertz CT molecular complexity index is 640. The van der Waals surface area contributed by atoms with Crippen LogP contribution in [0.3, 0.4) is 0 Å². The molecular weight excluding hydrogens is 288 g/mol. The number of benzene rings is 1. The molecule has 1 aliphatic heterocycles. The van der Waals surface area contributed by atoms with Gasteiger partial charge in [0.2, 0.25) is 0 Å². The molecule has 18 heavy (non-hydrogen) atoms. The molecule has 1 unspecified atom stereocenters. The van der Waals surface area contributed by atoms with Crippen LogP contribution in [0.2, 0.25) is 0 Å². The monoisotopic (exact) mass is 302 g/mol. The highest BCUT2D eigenvalue weighted by atomic mass is 79.9. The Hall–Kier alpha value is -1.35. The van der Waals surface area contributed by atoms with Gasteiger partial charge in [-0.05, 0) is 36.3 Å². The smallest absolute Gasteiger partial charge is 0.0880 e. The van der Waals surface area contributed by atoms with Crippen LogP contribution in [-0.2, 0) is 6.54 Å². The number of hydrogen-bond acceptors (Lipinski definition) is 1. The molecule has 0 aliphatic carbocycles. The number of hydrogen-bond donors (Lipinski definition) is 0. The summed E-state index contributed by atoms with van der Waals surface area (Å²) >= 11 is 3.55. The van der Waals surface area contributed by atoms with Gasteiger partial charge in [0.1, 0.15) is 0 Å². The predicted molar refractivity (Wildman–Crippen MR) is 78.5 cm³/mol. The van der Waals surface area contributed by atoms with E-state index in [0.717, 1.165) is 22.3 Å². The van der Waals surface area contributed by atoms with Gasteiger partial charge in [0, 0.05) is 22.5 Å². The van der Waals surface area contributed by atoms with E-state index in [1.165, 1.54) is 16.8 Å². The summed E-state index contributed by atoms with van der Waals surface area (Å²) in [5.74, 6) is 0.489. The number of allylic oxidation sites excluding steroid dienone is 1. The lowest BCUT2D eigenvalue weighted by atomic mass is 9.91. The second-order valence-corrected chi connectivity index (χ2v) is 5.93. The van der Waals surface area contributed by atoms with Crippen LogP contribution in [-0.4, -0.2) is 9.78 Å². The molecule has 0 fully saturated rings. The molecule has 1 aromatic heterocycles. The molecule has 0 spiro atoms. The summed E-state index contributed by atoms with van der Waals surface area (Å²) < 4.78 is 3.24. The summed E-state index contributed by atoms with van der Waals surface area (Å²) in [6.45, 7) is 9.16. The number of halogens is 1. The average molecular weight is 303 g/mol. The number of rotatable bonds is 1. The first-order valence-electron chi connectivity index (χ1n) is 6.10. The van der Waals surface area contributed by atoms with E-state index in [1.807, 2.05) is 6.92 Å². The molecule has 0 bridgehead atoms. The van der Waals surface area contributed by atoms with Gasteiger partial charge in [-0.3, -0.25) is 4.68 Å². The van der Waals surface area contributed by atoms with Gasteiger partial charge in [-0.2, -0.15) is 5.10 Å². The van der Waals surface area contributed by atoms with E-state index in [1.54, 1.807) is 0 Å². The molecule has 1 atom stereocenters. The maximum atomic E-state index is 4.63. The highest BCUT2D eigenvalue weighted by Crippen LogP contribution is 2.37. The van der Waals surface area contributed by atoms with Gasteiger partial charge in [-0.25, -0.2) is 0 Å². The van der Waals surface area contributed by atoms with E-state index in [9.17, 15) is 0 Å². The zero-order valence-electron chi connectivity index (χ0n) is 10.6. The SMILES string of the molecule is C=C(C)c1cc2n(n1)CC(C)c1cc(Br)ccc1-2. The Labute approximate surface area is 115 Å². The summed E-state index contributed by atoms with van der Waals surface area (Å²) in [5, 5.41) is 4.63. The quantitative estimate of drug-likeness (QED) is 0.760. The molecule has 1 aromatic carbocycles. The second-order valence-electron chi connectivity index (χ2n) is 5.01. The minimum atomic E-state index is 0.489. The largest absolute Gasteiger partial charge is 0.264 e. The zero-order chi connectivity index (χ0) is 12.9. The second kappa shape index (κ2) is 4.09. The van der Waals surface area contributed by atoms with Crippen LogP contribution in [0.5, 0.6) is 0 Å². The Morgan fingerprint density at radius 1 is 1.44 bits per heavy atom. The normalized spacial score (nSPS) is 17.2. The van der Waals surface area contributed by atoms with Crippen LogP contribution in [0.4, 0.5) is 0 Å². The first-order valence-corrected chi connectivity index (χ1v) is 6.89. The molecule has 92 valence electrons. The van der Waals surface area contributed by atoms with Gasteiger partial charge in [0.05, 0.1) is 11.4 Å². The van der Waals surface area contributed by atoms with Crippen molar-refractivity contribution in [2.75, 3.05) is 0 Å². The summed E-state index contributed by atoms with van der Waals surface area (Å²) in [5.41, 5.74) is 5.90. The molecule has 0 amide bonds. The van der Waals surface area contributed by atoms with E-state index >= 15 is 0 Å². The number of nitrogens with zero attached hydrogens (tertiary/aromatic N) is 2. The van der Waals surface area contributed by atoms with Crippen LogP contribution in [0, 0.1) is 0 Å². The number of fused-ring (bicyclic) bond motifs is 3. The van der Waals surface area contributed by atoms with Crippen molar-refractivity contribution in [1.82, 2.24) is 9.78 Å². The first-order chi connectivity index (χ1) is 8.56. The van der Waals surface area contributed by atoms with Crippen molar-refractivity contribution in [2.45, 2.75) is 26.3 Å². The Balaban J connectivity index is 2.22. The Morgan fingerprint density at radius 3 is 2.94 bits per heavy atom. The summed E-state index contributed by atoms with van der Waals surface area (Å²) in [4.78, 5) is 0. The third kappa shape index (κ3) is 1.74. The molecule has 2 heterocycles. The van der Waals surface area contributed by atoms with E-state index in [4.69, 9.17) is 0 Å². The van der Waals surface area contributed by atoms with Gasteiger partial charge in [0.25, 0.3) is 0 Å². The molecule has 3 rings (SSSR count). The summed E-state index contributed by atoms with van der Waals surface area (Å²) in [7, 11) is 0. The van der Waals surface area contributed by atoms with Crippen molar-refractivity contribution in [3.05, 3.63) is 46.6 Å². The van der Waals surface area contributed by atoms with E-state index in [-0.39, 0.29) is 0 Å². The molecule has 2 aromatic rings. The first kappa shape index (κ1) is 11.7. The van der Waals surface area contributed by atoms with Crippen molar-refractivity contribution < 1.29 is 0 Å². The van der Waals surface area contributed by atoms with Crippen LogP contribution < -0.4 is 0 Å². The molecule has 0 N–H and O–H groups in total. The third-order valence-electron chi connectivity index (χ3n) is 3.48. The molecule has 2 nitrogen and oxygen atoms in total. The third-order valence-corrected chi connectivity index (χ3v) is 3.98. The highest BCUT2D eigenvalue weighted by Gasteiger charge is 2.23. The standard InChI is InChI=1S/C15H15BrN2/c1-9(2)14-7-15-12-5-4-11(16)6-13(12)10(3)8-18(15)17-14/h4-7,10H,1,8H2,2-3H3. The molecule has 0 saturated carbocycles. The minimum absolute atomic E-state index is 0.489. The fraction of sp³-hybridized carbons (Fsp3) is 0.267. The van der Waals surface area contributed by atoms with Crippen LogP contribution in [0.25, 0.3) is 16.8 Å². The maximum absolute atomic E-state index is 4.63. The topological polar surface area (TPSA) is 17.8 Å². The summed E-state index contributed by atoms with van der Waals surface area (Å²) in [6.07, 6.45) is 0. The minimum Gasteiger partial charge on any atom is -0.264 e. The van der Waals surface area contributed by atoms with Gasteiger partial charge in [-0.1, -0.05) is 35.5 Å². The van der Waals surface area contributed by atoms with Crippen LogP contribution in [0.1, 0.15) is 31.0 Å². The fourth-order valence-corrected chi connectivity index (χ4v) is 2.89. The lowest BCUT2D eigenvalue weighted by molar-refractivity contribution is 0.533. The molecule has 0 radical (unpaired) electrons. The maximum Gasteiger partial charge on any atom is 0.0880 e. The fourth-order valence-electron chi connectivity index (χ4n) is 2.51. The van der Waals surface area contributed by atoms with E-state index < -0.39 is 0 Å². The molecule has 3 heteroatoms. The number of aromatic nitrogens is 2. The molecule has 0 saturated heterocycles. The lowest BCUT2D eigenvalue weighted by Gasteiger charge is -2.24. The zero-order valence-corrected chi connectivity index (χ0v) is 12.2. The Morgan fingerprint density at radius 2 is 2.22 bits per heavy atom. The van der Waals surface area contributed by atoms with Gasteiger partial charge in [-0.15, -0.1) is 0 Å². The van der Waals surface area contributed by atoms with Gasteiger partial charge < -0.3 is 0 Å². The van der Waals surface area contributed by atoms with Crippen molar-refractivity contribution in [3.8, 4) is 11.3 Å². The molecular formula is C15H15BrN2. The predicted octanol–water partition coefficient (Wildman–Crippen LogP) is 4.46. The molecule has 1 aliphatic rings.